The summed E-state index contributed by atoms with van der Waals surface area (Å²) in [5, 5.41) is 12.7. The molecule has 0 bridgehead atoms. The van der Waals surface area contributed by atoms with Crippen molar-refractivity contribution < 1.29 is 5.11 Å². The summed E-state index contributed by atoms with van der Waals surface area (Å²) in [7, 11) is 0. The molecule has 1 aromatic heterocycles. The van der Waals surface area contributed by atoms with Crippen molar-refractivity contribution in [1.29, 1.82) is 0 Å². The Morgan fingerprint density at radius 1 is 1.44 bits per heavy atom. The molecule has 16 heavy (non-hydrogen) atoms. The van der Waals surface area contributed by atoms with Gasteiger partial charge in [0.05, 0.1) is 11.8 Å². The predicted octanol–water partition coefficient (Wildman–Crippen LogP) is 1.97. The van der Waals surface area contributed by atoms with Crippen LogP contribution < -0.4 is 5.32 Å². The summed E-state index contributed by atoms with van der Waals surface area (Å²) in [6.07, 6.45) is 2.37. The van der Waals surface area contributed by atoms with Gasteiger partial charge in [-0.2, -0.15) is 0 Å². The Morgan fingerprint density at radius 3 is 2.75 bits per heavy atom. The fourth-order valence-electron chi connectivity index (χ4n) is 1.90. The second-order valence-corrected chi connectivity index (χ2v) is 5.14. The maximum Gasteiger partial charge on any atom is 0.0541 e. The molecule has 1 rings (SSSR count). The highest BCUT2D eigenvalue weighted by Crippen LogP contribution is 2.21. The fraction of sp³-hybridized carbons (Fsp3) is 0.615. The van der Waals surface area contributed by atoms with E-state index in [0.29, 0.717) is 0 Å². The van der Waals surface area contributed by atoms with E-state index in [1.807, 2.05) is 25.1 Å². The summed E-state index contributed by atoms with van der Waals surface area (Å²) in [6.45, 7) is 7.81. The molecule has 1 aromatic rings. The van der Waals surface area contributed by atoms with Gasteiger partial charge >= 0.3 is 0 Å². The quantitative estimate of drug-likeness (QED) is 0.773. The molecule has 1 heterocycles. The number of aliphatic hydroxyl groups is 1. The molecule has 0 saturated heterocycles. The van der Waals surface area contributed by atoms with E-state index in [1.165, 1.54) is 0 Å². The Labute approximate surface area is 97.9 Å². The van der Waals surface area contributed by atoms with Gasteiger partial charge in [0.25, 0.3) is 0 Å². The molecule has 2 N–H and O–H groups in total. The molecule has 90 valence electrons. The average Bonchev–Trinajstić information content (AvgIpc) is 2.16. The molecule has 3 nitrogen and oxygen atoms in total. The first-order valence-corrected chi connectivity index (χ1v) is 5.78. The minimum Gasteiger partial charge on any atom is -0.393 e. The molecule has 1 unspecified atom stereocenters. The Bertz CT molecular complexity index is 296. The Kier molecular flexibility index (Phi) is 4.90. The van der Waals surface area contributed by atoms with Crippen molar-refractivity contribution >= 4 is 0 Å². The highest BCUT2D eigenvalue weighted by atomic mass is 16.3. The summed E-state index contributed by atoms with van der Waals surface area (Å²) in [4.78, 5) is 4.25. The van der Waals surface area contributed by atoms with Crippen LogP contribution in [0.1, 0.15) is 32.9 Å². The zero-order chi connectivity index (χ0) is 12.0. The Balaban J connectivity index is 2.30. The number of rotatable bonds is 6. The van der Waals surface area contributed by atoms with Crippen LogP contribution in [0, 0.1) is 5.41 Å². The second kappa shape index (κ2) is 5.97. The lowest BCUT2D eigenvalue weighted by Gasteiger charge is -2.26. The highest BCUT2D eigenvalue weighted by Gasteiger charge is 2.19. The summed E-state index contributed by atoms with van der Waals surface area (Å²) in [5.41, 5.74) is 1.17. The molecular formula is C13H22N2O. The van der Waals surface area contributed by atoms with E-state index in [0.717, 1.165) is 25.2 Å². The number of nitrogens with zero attached hydrogens (tertiary/aromatic N) is 1. The van der Waals surface area contributed by atoms with E-state index in [4.69, 9.17) is 0 Å². The van der Waals surface area contributed by atoms with Crippen LogP contribution >= 0.6 is 0 Å². The van der Waals surface area contributed by atoms with Crippen molar-refractivity contribution in [3.05, 3.63) is 30.1 Å². The van der Waals surface area contributed by atoms with Gasteiger partial charge in [0.2, 0.25) is 0 Å². The van der Waals surface area contributed by atoms with Crippen LogP contribution in [-0.4, -0.2) is 22.7 Å². The second-order valence-electron chi connectivity index (χ2n) is 5.14. The van der Waals surface area contributed by atoms with E-state index in [-0.39, 0.29) is 11.5 Å². The van der Waals surface area contributed by atoms with Crippen LogP contribution in [-0.2, 0) is 6.54 Å². The molecule has 0 radical (unpaired) electrons. The standard InChI is InChI=1S/C13H22N2O/c1-11(16)8-13(2,3)10-14-9-12-6-4-5-7-15-12/h4-7,11,14,16H,8-10H2,1-3H3. The van der Waals surface area contributed by atoms with Crippen LogP contribution in [0.5, 0.6) is 0 Å². The maximum atomic E-state index is 9.36. The van der Waals surface area contributed by atoms with Crippen LogP contribution in [0.2, 0.25) is 0 Å². The lowest BCUT2D eigenvalue weighted by atomic mass is 9.87. The lowest BCUT2D eigenvalue weighted by molar-refractivity contribution is 0.128. The normalized spacial score (nSPS) is 13.8. The van der Waals surface area contributed by atoms with Crippen molar-refractivity contribution in [2.45, 2.75) is 39.8 Å². The fourth-order valence-corrected chi connectivity index (χ4v) is 1.90. The van der Waals surface area contributed by atoms with Crippen molar-refractivity contribution in [1.82, 2.24) is 10.3 Å². The molecule has 0 spiro atoms. The molecule has 0 aliphatic rings. The SMILES string of the molecule is CC(O)CC(C)(C)CNCc1ccccn1. The molecule has 1 atom stereocenters. The van der Waals surface area contributed by atoms with Gasteiger partial charge in [0.1, 0.15) is 0 Å². The molecular weight excluding hydrogens is 200 g/mol. The van der Waals surface area contributed by atoms with Crippen LogP contribution in [0.15, 0.2) is 24.4 Å². The summed E-state index contributed by atoms with van der Waals surface area (Å²) in [6, 6.07) is 5.92. The van der Waals surface area contributed by atoms with E-state index in [1.54, 1.807) is 6.20 Å². The molecule has 0 amide bonds. The average molecular weight is 222 g/mol. The van der Waals surface area contributed by atoms with Crippen LogP contribution in [0.25, 0.3) is 0 Å². The van der Waals surface area contributed by atoms with E-state index < -0.39 is 0 Å². The molecule has 0 aliphatic carbocycles. The molecule has 0 aliphatic heterocycles. The largest absolute Gasteiger partial charge is 0.393 e. The summed E-state index contributed by atoms with van der Waals surface area (Å²) < 4.78 is 0. The third kappa shape index (κ3) is 5.24. The monoisotopic (exact) mass is 222 g/mol. The first kappa shape index (κ1) is 13.1. The highest BCUT2D eigenvalue weighted by molar-refractivity contribution is 5.02. The van der Waals surface area contributed by atoms with Gasteiger partial charge in [-0.1, -0.05) is 19.9 Å². The van der Waals surface area contributed by atoms with E-state index in [2.05, 4.69) is 24.1 Å². The smallest absolute Gasteiger partial charge is 0.0541 e. The predicted molar refractivity (Wildman–Crippen MR) is 66.0 cm³/mol. The van der Waals surface area contributed by atoms with Crippen molar-refractivity contribution in [3.63, 3.8) is 0 Å². The van der Waals surface area contributed by atoms with Gasteiger partial charge in [0.15, 0.2) is 0 Å². The number of hydrogen-bond acceptors (Lipinski definition) is 3. The zero-order valence-corrected chi connectivity index (χ0v) is 10.4. The zero-order valence-electron chi connectivity index (χ0n) is 10.4. The van der Waals surface area contributed by atoms with Crippen molar-refractivity contribution in [2.24, 2.45) is 5.41 Å². The topological polar surface area (TPSA) is 45.1 Å². The Hall–Kier alpha value is -0.930. The summed E-state index contributed by atoms with van der Waals surface area (Å²) >= 11 is 0. The van der Waals surface area contributed by atoms with Gasteiger partial charge in [-0.15, -0.1) is 0 Å². The summed E-state index contributed by atoms with van der Waals surface area (Å²) in [5.74, 6) is 0. The molecule has 0 fully saturated rings. The first-order chi connectivity index (χ1) is 7.49. The van der Waals surface area contributed by atoms with Crippen molar-refractivity contribution in [2.75, 3.05) is 6.54 Å². The minimum atomic E-state index is -0.244. The van der Waals surface area contributed by atoms with Gasteiger partial charge in [-0.3, -0.25) is 4.98 Å². The van der Waals surface area contributed by atoms with Crippen LogP contribution in [0.4, 0.5) is 0 Å². The van der Waals surface area contributed by atoms with Gasteiger partial charge in [0, 0.05) is 19.3 Å². The molecule has 0 saturated carbocycles. The third-order valence-electron chi connectivity index (χ3n) is 2.48. The molecule has 3 heteroatoms. The number of hydrogen-bond donors (Lipinski definition) is 2. The van der Waals surface area contributed by atoms with Gasteiger partial charge in [-0.25, -0.2) is 0 Å². The minimum absolute atomic E-state index is 0.114. The number of nitrogens with one attached hydrogen (secondary N) is 1. The van der Waals surface area contributed by atoms with E-state index >= 15 is 0 Å². The van der Waals surface area contributed by atoms with E-state index in [9.17, 15) is 5.11 Å². The molecule has 0 aromatic carbocycles. The third-order valence-corrected chi connectivity index (χ3v) is 2.48. The number of aromatic nitrogens is 1. The number of pyridine rings is 1. The van der Waals surface area contributed by atoms with Gasteiger partial charge in [-0.05, 0) is 30.9 Å². The Morgan fingerprint density at radius 2 is 2.19 bits per heavy atom. The lowest BCUT2D eigenvalue weighted by Crippen LogP contribution is -2.31. The van der Waals surface area contributed by atoms with Gasteiger partial charge < -0.3 is 10.4 Å². The van der Waals surface area contributed by atoms with Crippen LogP contribution in [0.3, 0.4) is 0 Å². The maximum absolute atomic E-state index is 9.36. The van der Waals surface area contributed by atoms with Crippen molar-refractivity contribution in [3.8, 4) is 0 Å². The first-order valence-electron chi connectivity index (χ1n) is 5.78. The number of aliphatic hydroxyl groups excluding tert-OH is 1.